The number of aromatic nitrogens is 2. The molecular formula is C54H34N2. The monoisotopic (exact) mass is 710 g/mol. The lowest BCUT2D eigenvalue weighted by molar-refractivity contribution is 1.18. The van der Waals surface area contributed by atoms with Crippen LogP contribution in [0.25, 0.3) is 110 Å². The Labute approximate surface area is 323 Å². The summed E-state index contributed by atoms with van der Waals surface area (Å²) in [7, 11) is 0. The molecule has 0 fully saturated rings. The van der Waals surface area contributed by atoms with Gasteiger partial charge in [0.05, 0.1) is 22.1 Å². The first-order valence-electron chi connectivity index (χ1n) is 19.3. The minimum atomic E-state index is 1.15. The average molecular weight is 711 g/mol. The Bertz CT molecular complexity index is 3530. The van der Waals surface area contributed by atoms with Crippen LogP contribution in [0.4, 0.5) is 0 Å². The summed E-state index contributed by atoms with van der Waals surface area (Å²) < 4.78 is 4.86. The molecular weight excluding hydrogens is 677 g/mol. The van der Waals surface area contributed by atoms with Crippen molar-refractivity contribution < 1.29 is 0 Å². The average Bonchev–Trinajstić information content (AvgIpc) is 3.78. The number of para-hydroxylation sites is 2. The maximum absolute atomic E-state index is 2.43. The third kappa shape index (κ3) is 4.63. The molecule has 0 unspecified atom stereocenters. The van der Waals surface area contributed by atoms with Gasteiger partial charge in [-0.3, -0.25) is 0 Å². The van der Waals surface area contributed by atoms with Crippen molar-refractivity contribution in [2.24, 2.45) is 0 Å². The van der Waals surface area contributed by atoms with E-state index in [1.54, 1.807) is 0 Å². The van der Waals surface area contributed by atoms with E-state index in [1.165, 1.54) is 104 Å². The molecule has 0 saturated heterocycles. The van der Waals surface area contributed by atoms with E-state index in [4.69, 9.17) is 0 Å². The molecule has 0 amide bonds. The van der Waals surface area contributed by atoms with Gasteiger partial charge in [0.25, 0.3) is 0 Å². The van der Waals surface area contributed by atoms with Crippen molar-refractivity contribution in [2.45, 2.75) is 0 Å². The van der Waals surface area contributed by atoms with Crippen molar-refractivity contribution in [3.05, 3.63) is 206 Å². The zero-order valence-corrected chi connectivity index (χ0v) is 30.5. The molecule has 0 bridgehead atoms. The molecule has 0 aliphatic carbocycles. The molecule has 12 aromatic rings. The van der Waals surface area contributed by atoms with Crippen LogP contribution in [0.3, 0.4) is 0 Å². The number of rotatable bonds is 4. The van der Waals surface area contributed by atoms with Gasteiger partial charge in [-0.1, -0.05) is 152 Å². The minimum absolute atomic E-state index is 1.15. The molecule has 12 rings (SSSR count). The van der Waals surface area contributed by atoms with Crippen LogP contribution < -0.4 is 0 Å². The van der Waals surface area contributed by atoms with E-state index in [-0.39, 0.29) is 0 Å². The summed E-state index contributed by atoms with van der Waals surface area (Å²) in [4.78, 5) is 0. The summed E-state index contributed by atoms with van der Waals surface area (Å²) in [5.41, 5.74) is 12.0. The largest absolute Gasteiger partial charge is 0.309 e. The second-order valence-electron chi connectivity index (χ2n) is 14.9. The van der Waals surface area contributed by atoms with Crippen LogP contribution in [0.2, 0.25) is 0 Å². The van der Waals surface area contributed by atoms with E-state index in [9.17, 15) is 0 Å². The Kier molecular flexibility index (Phi) is 6.66. The molecule has 260 valence electrons. The topological polar surface area (TPSA) is 9.86 Å². The fraction of sp³-hybridized carbons (Fsp3) is 0. The SMILES string of the molecule is c1ccc2cc(-n3c4ccccc4c4ccc(-c5ccc6c7ccccc7n(-c7ccc(-c8cc9ccccc9c9ccccc89)cc7)c6c5)cc43)ccc2c1. The lowest BCUT2D eigenvalue weighted by atomic mass is 9.93. The van der Waals surface area contributed by atoms with Gasteiger partial charge in [-0.15, -0.1) is 0 Å². The second-order valence-corrected chi connectivity index (χ2v) is 14.9. The van der Waals surface area contributed by atoms with Crippen LogP contribution in [0.1, 0.15) is 0 Å². The first kappa shape index (κ1) is 31.0. The maximum Gasteiger partial charge on any atom is 0.0547 e. The first-order chi connectivity index (χ1) is 27.8. The van der Waals surface area contributed by atoms with Crippen LogP contribution >= 0.6 is 0 Å². The van der Waals surface area contributed by atoms with E-state index in [2.05, 4.69) is 215 Å². The molecule has 10 aromatic carbocycles. The molecule has 0 spiro atoms. The molecule has 0 aliphatic rings. The van der Waals surface area contributed by atoms with Crippen molar-refractivity contribution in [3.63, 3.8) is 0 Å². The predicted molar refractivity (Wildman–Crippen MR) is 239 cm³/mol. The van der Waals surface area contributed by atoms with Crippen molar-refractivity contribution in [3.8, 4) is 33.6 Å². The van der Waals surface area contributed by atoms with E-state index in [0.717, 1.165) is 5.69 Å². The second kappa shape index (κ2) is 12.0. The van der Waals surface area contributed by atoms with Crippen LogP contribution in [0.15, 0.2) is 206 Å². The molecule has 0 N–H and O–H groups in total. The van der Waals surface area contributed by atoms with Gasteiger partial charge in [-0.25, -0.2) is 0 Å². The van der Waals surface area contributed by atoms with E-state index >= 15 is 0 Å². The van der Waals surface area contributed by atoms with E-state index in [0.29, 0.717) is 0 Å². The molecule has 0 aliphatic heterocycles. The van der Waals surface area contributed by atoms with Gasteiger partial charge in [0.1, 0.15) is 0 Å². The van der Waals surface area contributed by atoms with Crippen molar-refractivity contribution in [2.75, 3.05) is 0 Å². The number of fused-ring (bicyclic) bond motifs is 10. The Morgan fingerprint density at radius 1 is 0.232 bits per heavy atom. The summed E-state index contributed by atoms with van der Waals surface area (Å²) in [5.74, 6) is 0. The zero-order valence-electron chi connectivity index (χ0n) is 30.5. The quantitative estimate of drug-likeness (QED) is 0.161. The van der Waals surface area contributed by atoms with Crippen molar-refractivity contribution >= 4 is 75.9 Å². The number of benzene rings is 10. The van der Waals surface area contributed by atoms with Gasteiger partial charge in [-0.05, 0) is 109 Å². The summed E-state index contributed by atoms with van der Waals surface area (Å²) in [5, 5.41) is 12.6. The summed E-state index contributed by atoms with van der Waals surface area (Å²) in [6.45, 7) is 0. The standard InChI is InChI=1S/C54H34N2/c1-2-12-37-31-42(28-21-35(37)11-1)56-52-20-10-8-18-47(52)49-30-25-39(34-54(49)56)38-24-29-48-46-17-7-9-19-51(46)55(53(48)33-38)41-26-22-36(23-27-41)50-32-40-13-3-4-14-43(40)44-15-5-6-16-45(44)50/h1-34H. The van der Waals surface area contributed by atoms with Crippen molar-refractivity contribution in [1.82, 2.24) is 9.13 Å². The molecule has 2 nitrogen and oxygen atoms in total. The highest BCUT2D eigenvalue weighted by Crippen LogP contribution is 2.40. The predicted octanol–water partition coefficient (Wildman–Crippen LogP) is 14.7. The van der Waals surface area contributed by atoms with Gasteiger partial charge in [0, 0.05) is 32.9 Å². The molecule has 0 saturated carbocycles. The molecule has 0 atom stereocenters. The normalized spacial score (nSPS) is 11.9. The highest BCUT2D eigenvalue weighted by atomic mass is 15.0. The Balaban J connectivity index is 1.02. The minimum Gasteiger partial charge on any atom is -0.309 e. The van der Waals surface area contributed by atoms with Crippen LogP contribution in [0.5, 0.6) is 0 Å². The molecule has 2 heterocycles. The maximum atomic E-state index is 2.43. The van der Waals surface area contributed by atoms with Gasteiger partial charge in [-0.2, -0.15) is 0 Å². The third-order valence-electron chi connectivity index (χ3n) is 11.9. The Morgan fingerprint density at radius 2 is 0.696 bits per heavy atom. The van der Waals surface area contributed by atoms with Crippen molar-refractivity contribution in [1.29, 1.82) is 0 Å². The van der Waals surface area contributed by atoms with Crippen LogP contribution in [-0.2, 0) is 0 Å². The first-order valence-corrected chi connectivity index (χ1v) is 19.3. The summed E-state index contributed by atoms with van der Waals surface area (Å²) >= 11 is 0. The molecule has 0 radical (unpaired) electrons. The smallest absolute Gasteiger partial charge is 0.0547 e. The fourth-order valence-corrected chi connectivity index (χ4v) is 9.26. The Morgan fingerprint density at radius 3 is 1.36 bits per heavy atom. The zero-order chi connectivity index (χ0) is 36.7. The summed E-state index contributed by atoms with van der Waals surface area (Å²) in [6.07, 6.45) is 0. The van der Waals surface area contributed by atoms with Gasteiger partial charge >= 0.3 is 0 Å². The fourth-order valence-electron chi connectivity index (χ4n) is 9.26. The van der Waals surface area contributed by atoms with E-state index < -0.39 is 0 Å². The lowest BCUT2D eigenvalue weighted by Crippen LogP contribution is -1.95. The van der Waals surface area contributed by atoms with E-state index in [1.807, 2.05) is 0 Å². The third-order valence-corrected chi connectivity index (χ3v) is 11.9. The highest BCUT2D eigenvalue weighted by Gasteiger charge is 2.17. The molecule has 2 heteroatoms. The lowest BCUT2D eigenvalue weighted by Gasteiger charge is -2.13. The van der Waals surface area contributed by atoms with Crippen LogP contribution in [0, 0.1) is 0 Å². The number of nitrogens with zero attached hydrogens (tertiary/aromatic N) is 2. The number of hydrogen-bond donors (Lipinski definition) is 0. The van der Waals surface area contributed by atoms with Gasteiger partial charge in [0.15, 0.2) is 0 Å². The highest BCUT2D eigenvalue weighted by molar-refractivity contribution is 6.15. The van der Waals surface area contributed by atoms with Gasteiger partial charge < -0.3 is 9.13 Å². The molecule has 2 aromatic heterocycles. The summed E-state index contributed by atoms with van der Waals surface area (Å²) in [6, 6.07) is 75.9. The number of hydrogen-bond acceptors (Lipinski definition) is 0. The molecule has 56 heavy (non-hydrogen) atoms. The van der Waals surface area contributed by atoms with Gasteiger partial charge in [0.2, 0.25) is 0 Å². The Hall–Kier alpha value is -7.42. The van der Waals surface area contributed by atoms with Crippen LogP contribution in [-0.4, -0.2) is 9.13 Å².